The van der Waals surface area contributed by atoms with Crippen molar-refractivity contribution in [3.8, 4) is 0 Å². The first kappa shape index (κ1) is 10.3. The largest absolute Gasteiger partial charge is 0.394 e. The Morgan fingerprint density at radius 1 is 1.53 bits per heavy atom. The number of nitrogens with zero attached hydrogens (tertiary/aromatic N) is 3. The quantitative estimate of drug-likeness (QED) is 0.821. The number of rotatable bonds is 3. The monoisotopic (exact) mass is 208 g/mol. The number of nitrogen functional groups attached to an aromatic ring is 1. The maximum absolute atomic E-state index is 5.89. The summed E-state index contributed by atoms with van der Waals surface area (Å²) in [6.45, 7) is 1.08. The van der Waals surface area contributed by atoms with Crippen molar-refractivity contribution in [1.29, 1.82) is 0 Å². The second-order valence-corrected chi connectivity index (χ2v) is 4.61. The average molecular weight is 208 g/mol. The lowest BCUT2D eigenvalue weighted by molar-refractivity contribution is 0.543. The van der Waals surface area contributed by atoms with Gasteiger partial charge in [0.05, 0.1) is 5.69 Å². The molecule has 4 nitrogen and oxygen atoms in total. The molecule has 1 heterocycles. The van der Waals surface area contributed by atoms with Crippen LogP contribution >= 0.6 is 0 Å². The molecule has 0 unspecified atom stereocenters. The van der Waals surface area contributed by atoms with Gasteiger partial charge in [0.15, 0.2) is 5.82 Å². The summed E-state index contributed by atoms with van der Waals surface area (Å²) in [5, 5.41) is 4.37. The molecule has 0 bridgehead atoms. The first-order valence-corrected chi connectivity index (χ1v) is 5.67. The zero-order valence-corrected chi connectivity index (χ0v) is 9.61. The molecule has 0 aromatic carbocycles. The SMILES string of the molecule is CN(CC1CCCC1)c1nn(C)cc1N. The lowest BCUT2D eigenvalue weighted by Crippen LogP contribution is -2.25. The molecule has 2 rings (SSSR count). The van der Waals surface area contributed by atoms with Gasteiger partial charge in [-0.2, -0.15) is 5.10 Å². The molecule has 0 saturated heterocycles. The molecular formula is C11H20N4. The van der Waals surface area contributed by atoms with Crippen molar-refractivity contribution in [1.82, 2.24) is 9.78 Å². The number of aromatic nitrogens is 2. The van der Waals surface area contributed by atoms with Crippen LogP contribution in [-0.4, -0.2) is 23.4 Å². The molecule has 1 aromatic rings. The van der Waals surface area contributed by atoms with Crippen molar-refractivity contribution >= 4 is 11.5 Å². The van der Waals surface area contributed by atoms with E-state index in [-0.39, 0.29) is 0 Å². The highest BCUT2D eigenvalue weighted by molar-refractivity contribution is 5.61. The van der Waals surface area contributed by atoms with E-state index in [1.165, 1.54) is 25.7 Å². The van der Waals surface area contributed by atoms with Gasteiger partial charge in [0.2, 0.25) is 0 Å². The van der Waals surface area contributed by atoms with Gasteiger partial charge < -0.3 is 10.6 Å². The van der Waals surface area contributed by atoms with Crippen LogP contribution in [0, 0.1) is 5.92 Å². The highest BCUT2D eigenvalue weighted by atomic mass is 15.3. The molecule has 1 aliphatic carbocycles. The highest BCUT2D eigenvalue weighted by Gasteiger charge is 2.19. The molecule has 0 radical (unpaired) electrons. The van der Waals surface area contributed by atoms with Crippen LogP contribution in [-0.2, 0) is 7.05 Å². The third-order valence-electron chi connectivity index (χ3n) is 3.20. The van der Waals surface area contributed by atoms with Crippen LogP contribution in [0.15, 0.2) is 6.20 Å². The zero-order chi connectivity index (χ0) is 10.8. The van der Waals surface area contributed by atoms with Gasteiger partial charge in [0.1, 0.15) is 0 Å². The lowest BCUT2D eigenvalue weighted by Gasteiger charge is -2.21. The summed E-state index contributed by atoms with van der Waals surface area (Å²) in [7, 11) is 3.99. The summed E-state index contributed by atoms with van der Waals surface area (Å²) >= 11 is 0. The summed E-state index contributed by atoms with van der Waals surface area (Å²) in [5.41, 5.74) is 6.67. The summed E-state index contributed by atoms with van der Waals surface area (Å²) in [5.74, 6) is 1.75. The topological polar surface area (TPSA) is 47.1 Å². The smallest absolute Gasteiger partial charge is 0.173 e. The number of aryl methyl sites for hydroxylation is 1. The van der Waals surface area contributed by atoms with E-state index in [9.17, 15) is 0 Å². The Balaban J connectivity index is 2.00. The van der Waals surface area contributed by atoms with E-state index in [1.807, 2.05) is 13.2 Å². The van der Waals surface area contributed by atoms with Crippen LogP contribution in [0.5, 0.6) is 0 Å². The van der Waals surface area contributed by atoms with Crippen LogP contribution < -0.4 is 10.6 Å². The van der Waals surface area contributed by atoms with Gasteiger partial charge in [0, 0.05) is 26.8 Å². The van der Waals surface area contributed by atoms with Crippen LogP contribution in [0.2, 0.25) is 0 Å². The summed E-state index contributed by atoms with van der Waals surface area (Å²) in [6, 6.07) is 0. The van der Waals surface area contributed by atoms with Crippen molar-refractivity contribution in [2.75, 3.05) is 24.2 Å². The van der Waals surface area contributed by atoms with Crippen molar-refractivity contribution in [3.05, 3.63) is 6.20 Å². The third-order valence-corrected chi connectivity index (χ3v) is 3.20. The van der Waals surface area contributed by atoms with Gasteiger partial charge in [0.25, 0.3) is 0 Å². The molecule has 0 atom stereocenters. The Bertz CT molecular complexity index is 325. The van der Waals surface area contributed by atoms with Gasteiger partial charge in [-0.3, -0.25) is 4.68 Å². The number of anilines is 2. The molecule has 0 spiro atoms. The Kier molecular flexibility index (Phi) is 2.84. The molecule has 0 aliphatic heterocycles. The molecule has 1 saturated carbocycles. The van der Waals surface area contributed by atoms with Gasteiger partial charge in [-0.15, -0.1) is 0 Å². The van der Waals surface area contributed by atoms with E-state index in [2.05, 4.69) is 17.0 Å². The number of hydrogen-bond acceptors (Lipinski definition) is 3. The fourth-order valence-electron chi connectivity index (χ4n) is 2.46. The molecule has 0 amide bonds. The van der Waals surface area contributed by atoms with Gasteiger partial charge in [-0.25, -0.2) is 0 Å². The number of nitrogens with two attached hydrogens (primary N) is 1. The van der Waals surface area contributed by atoms with Crippen molar-refractivity contribution < 1.29 is 0 Å². The molecule has 15 heavy (non-hydrogen) atoms. The predicted molar refractivity (Wildman–Crippen MR) is 62.8 cm³/mol. The van der Waals surface area contributed by atoms with Gasteiger partial charge in [-0.05, 0) is 18.8 Å². The van der Waals surface area contributed by atoms with Gasteiger partial charge >= 0.3 is 0 Å². The van der Waals surface area contributed by atoms with E-state index in [4.69, 9.17) is 5.73 Å². The second-order valence-electron chi connectivity index (χ2n) is 4.61. The van der Waals surface area contributed by atoms with E-state index >= 15 is 0 Å². The van der Waals surface area contributed by atoms with Crippen LogP contribution in [0.25, 0.3) is 0 Å². The van der Waals surface area contributed by atoms with Crippen molar-refractivity contribution in [3.63, 3.8) is 0 Å². The maximum atomic E-state index is 5.89. The molecule has 1 aliphatic rings. The van der Waals surface area contributed by atoms with Crippen LogP contribution in [0.4, 0.5) is 11.5 Å². The third kappa shape index (κ3) is 2.25. The lowest BCUT2D eigenvalue weighted by atomic mass is 10.1. The van der Waals surface area contributed by atoms with Gasteiger partial charge in [-0.1, -0.05) is 12.8 Å². The highest BCUT2D eigenvalue weighted by Crippen LogP contribution is 2.27. The van der Waals surface area contributed by atoms with Crippen LogP contribution in [0.1, 0.15) is 25.7 Å². The van der Waals surface area contributed by atoms with Crippen molar-refractivity contribution in [2.45, 2.75) is 25.7 Å². The Labute approximate surface area is 91.1 Å². The standard InChI is InChI=1S/C11H20N4/c1-14(7-9-5-3-4-6-9)11-10(12)8-15(2)13-11/h8-9H,3-7,12H2,1-2H3. The molecule has 1 fully saturated rings. The molecule has 84 valence electrons. The first-order chi connectivity index (χ1) is 7.16. The Morgan fingerprint density at radius 2 is 2.20 bits per heavy atom. The van der Waals surface area contributed by atoms with Crippen molar-refractivity contribution in [2.24, 2.45) is 13.0 Å². The Morgan fingerprint density at radius 3 is 2.73 bits per heavy atom. The van der Waals surface area contributed by atoms with E-state index in [1.54, 1.807) is 4.68 Å². The van der Waals surface area contributed by atoms with E-state index < -0.39 is 0 Å². The zero-order valence-electron chi connectivity index (χ0n) is 9.61. The summed E-state index contributed by atoms with van der Waals surface area (Å²) in [4.78, 5) is 2.19. The fourth-order valence-corrected chi connectivity index (χ4v) is 2.46. The maximum Gasteiger partial charge on any atom is 0.173 e. The molecular weight excluding hydrogens is 188 g/mol. The molecule has 2 N–H and O–H groups in total. The predicted octanol–water partition coefficient (Wildman–Crippen LogP) is 1.63. The summed E-state index contributed by atoms with van der Waals surface area (Å²) < 4.78 is 1.77. The Hall–Kier alpha value is -1.19. The van der Waals surface area contributed by atoms with Crippen LogP contribution in [0.3, 0.4) is 0 Å². The summed E-state index contributed by atoms with van der Waals surface area (Å²) in [6.07, 6.45) is 7.35. The first-order valence-electron chi connectivity index (χ1n) is 5.67. The average Bonchev–Trinajstić information content (AvgIpc) is 2.75. The minimum absolute atomic E-state index is 0.776. The second kappa shape index (κ2) is 4.13. The minimum atomic E-state index is 0.776. The fraction of sp³-hybridized carbons (Fsp3) is 0.727. The number of hydrogen-bond donors (Lipinski definition) is 1. The molecule has 4 heteroatoms. The normalized spacial score (nSPS) is 17.2. The van der Waals surface area contributed by atoms with E-state index in [0.29, 0.717) is 0 Å². The van der Waals surface area contributed by atoms with E-state index in [0.717, 1.165) is 24.0 Å². The minimum Gasteiger partial charge on any atom is -0.394 e. The molecule has 1 aromatic heterocycles.